The smallest absolute Gasteiger partial charge is 0.416 e. The summed E-state index contributed by atoms with van der Waals surface area (Å²) < 4.78 is 44.4. The monoisotopic (exact) mass is 415 g/mol. The van der Waals surface area contributed by atoms with Gasteiger partial charge in [-0.3, -0.25) is 14.7 Å². The van der Waals surface area contributed by atoms with Gasteiger partial charge in [-0.05, 0) is 42.0 Å². The van der Waals surface area contributed by atoms with Crippen LogP contribution in [0.3, 0.4) is 0 Å². The highest BCUT2D eigenvalue weighted by Gasteiger charge is 2.31. The van der Waals surface area contributed by atoms with E-state index in [1.54, 1.807) is 17.3 Å². The van der Waals surface area contributed by atoms with Crippen LogP contribution in [-0.4, -0.2) is 46.9 Å². The van der Waals surface area contributed by atoms with Gasteiger partial charge in [0.25, 0.3) is 5.91 Å². The highest BCUT2D eigenvalue weighted by molar-refractivity contribution is 5.92. The van der Waals surface area contributed by atoms with Crippen LogP contribution in [0.1, 0.15) is 21.7 Å². The molecule has 5 nitrogen and oxygen atoms in total. The van der Waals surface area contributed by atoms with Crippen molar-refractivity contribution >= 4 is 5.91 Å². The molecule has 3 aromatic rings. The number of carbonyl (C=O) groups excluding carboxylic acids is 1. The first-order valence-corrected chi connectivity index (χ1v) is 9.58. The van der Waals surface area contributed by atoms with E-state index in [1.165, 1.54) is 29.8 Å². The second kappa shape index (κ2) is 8.31. The van der Waals surface area contributed by atoms with Crippen LogP contribution >= 0.6 is 0 Å². The Morgan fingerprint density at radius 3 is 2.43 bits per heavy atom. The number of furan rings is 1. The molecule has 1 aliphatic heterocycles. The van der Waals surface area contributed by atoms with Crippen molar-refractivity contribution in [3.8, 4) is 11.3 Å². The topological polar surface area (TPSA) is 49.6 Å². The number of hydrogen-bond acceptors (Lipinski definition) is 4. The molecule has 0 saturated carbocycles. The molecule has 1 saturated heterocycles. The predicted octanol–water partition coefficient (Wildman–Crippen LogP) is 4.32. The van der Waals surface area contributed by atoms with Gasteiger partial charge in [0, 0.05) is 50.7 Å². The van der Waals surface area contributed by atoms with Gasteiger partial charge in [-0.15, -0.1) is 0 Å². The van der Waals surface area contributed by atoms with Crippen molar-refractivity contribution < 1.29 is 22.4 Å². The molecule has 1 aliphatic rings. The summed E-state index contributed by atoms with van der Waals surface area (Å²) in [6, 6.07) is 11.9. The lowest BCUT2D eigenvalue weighted by atomic mass is 10.1. The number of hydrogen-bond donors (Lipinski definition) is 0. The Hall–Kier alpha value is -3.13. The van der Waals surface area contributed by atoms with Crippen molar-refractivity contribution in [1.29, 1.82) is 0 Å². The molecule has 0 spiro atoms. The number of rotatable bonds is 4. The maximum atomic E-state index is 12.9. The Balaban J connectivity index is 1.39. The molecule has 30 heavy (non-hydrogen) atoms. The summed E-state index contributed by atoms with van der Waals surface area (Å²) in [4.78, 5) is 20.7. The summed E-state index contributed by atoms with van der Waals surface area (Å²) in [7, 11) is 0. The number of pyridine rings is 1. The summed E-state index contributed by atoms with van der Waals surface area (Å²) in [5.74, 6) is 0.113. The van der Waals surface area contributed by atoms with Gasteiger partial charge >= 0.3 is 6.18 Å². The lowest BCUT2D eigenvalue weighted by Crippen LogP contribution is -2.48. The number of piperazine rings is 1. The van der Waals surface area contributed by atoms with Crippen LogP contribution in [0.5, 0.6) is 0 Å². The maximum Gasteiger partial charge on any atom is 0.416 e. The van der Waals surface area contributed by atoms with Crippen molar-refractivity contribution in [2.24, 2.45) is 0 Å². The van der Waals surface area contributed by atoms with E-state index in [0.29, 0.717) is 13.1 Å². The Morgan fingerprint density at radius 2 is 1.73 bits per heavy atom. The Labute approximate surface area is 171 Å². The van der Waals surface area contributed by atoms with Gasteiger partial charge in [0.1, 0.15) is 5.76 Å². The van der Waals surface area contributed by atoms with E-state index in [9.17, 15) is 18.0 Å². The first-order chi connectivity index (χ1) is 14.4. The minimum absolute atomic E-state index is 0.130. The van der Waals surface area contributed by atoms with Crippen LogP contribution in [0.4, 0.5) is 13.2 Å². The fraction of sp³-hybridized carbons (Fsp3) is 0.273. The minimum Gasteiger partial charge on any atom is -0.451 e. The van der Waals surface area contributed by atoms with Crippen LogP contribution in [0.25, 0.3) is 11.3 Å². The average molecular weight is 415 g/mol. The molecule has 2 aromatic heterocycles. The lowest BCUT2D eigenvalue weighted by Gasteiger charge is -2.34. The van der Waals surface area contributed by atoms with Gasteiger partial charge in [-0.25, -0.2) is 0 Å². The average Bonchev–Trinajstić information content (AvgIpc) is 3.24. The van der Waals surface area contributed by atoms with Gasteiger partial charge in [0.15, 0.2) is 5.76 Å². The van der Waals surface area contributed by atoms with Crippen molar-refractivity contribution in [3.05, 3.63) is 77.8 Å². The summed E-state index contributed by atoms with van der Waals surface area (Å²) in [6.07, 6.45) is -0.917. The van der Waals surface area contributed by atoms with Crippen LogP contribution in [-0.2, 0) is 12.7 Å². The first-order valence-electron chi connectivity index (χ1n) is 9.58. The van der Waals surface area contributed by atoms with E-state index in [1.807, 2.05) is 12.1 Å². The highest BCUT2D eigenvalue weighted by atomic mass is 19.4. The molecular weight excluding hydrogens is 395 g/mol. The molecule has 156 valence electrons. The van der Waals surface area contributed by atoms with E-state index < -0.39 is 11.7 Å². The molecule has 0 N–H and O–H groups in total. The zero-order chi connectivity index (χ0) is 21.1. The van der Waals surface area contributed by atoms with Gasteiger partial charge in [0.05, 0.1) is 5.56 Å². The quantitative estimate of drug-likeness (QED) is 0.637. The molecular formula is C22H20F3N3O2. The highest BCUT2D eigenvalue weighted by Crippen LogP contribution is 2.32. The maximum absolute atomic E-state index is 12.9. The molecule has 0 aliphatic carbocycles. The Kier molecular flexibility index (Phi) is 5.59. The molecule has 1 amide bonds. The number of aromatic nitrogens is 1. The third-order valence-electron chi connectivity index (χ3n) is 5.11. The van der Waals surface area contributed by atoms with E-state index in [2.05, 4.69) is 9.88 Å². The van der Waals surface area contributed by atoms with Crippen LogP contribution in [0.15, 0.2) is 65.3 Å². The van der Waals surface area contributed by atoms with Crippen LogP contribution in [0.2, 0.25) is 0 Å². The van der Waals surface area contributed by atoms with Crippen LogP contribution in [0, 0.1) is 0 Å². The number of nitrogens with zero attached hydrogens (tertiary/aromatic N) is 3. The third kappa shape index (κ3) is 4.54. The van der Waals surface area contributed by atoms with Crippen molar-refractivity contribution in [1.82, 2.24) is 14.8 Å². The number of amides is 1. The first kappa shape index (κ1) is 20.2. The molecule has 1 aromatic carbocycles. The third-order valence-corrected chi connectivity index (χ3v) is 5.11. The molecule has 8 heteroatoms. The summed E-state index contributed by atoms with van der Waals surface area (Å²) in [5, 5.41) is 0. The van der Waals surface area contributed by atoms with E-state index in [-0.39, 0.29) is 23.0 Å². The molecule has 3 heterocycles. The SMILES string of the molecule is O=C(c1ccc(-c2cccc(C(F)(F)F)c2)o1)N1CCN(Cc2ccncc2)CC1. The molecule has 0 radical (unpaired) electrons. The van der Waals surface area contributed by atoms with Crippen LogP contribution < -0.4 is 0 Å². The number of benzene rings is 1. The zero-order valence-electron chi connectivity index (χ0n) is 16.1. The minimum atomic E-state index is -4.43. The van der Waals surface area contributed by atoms with Crippen molar-refractivity contribution in [3.63, 3.8) is 0 Å². The number of halogens is 3. The zero-order valence-corrected chi connectivity index (χ0v) is 16.1. The largest absolute Gasteiger partial charge is 0.451 e. The van der Waals surface area contributed by atoms with E-state index in [4.69, 9.17) is 4.42 Å². The van der Waals surface area contributed by atoms with Gasteiger partial charge in [-0.2, -0.15) is 13.2 Å². The van der Waals surface area contributed by atoms with E-state index in [0.717, 1.165) is 31.8 Å². The summed E-state index contributed by atoms with van der Waals surface area (Å²) in [6.45, 7) is 3.38. The Morgan fingerprint density at radius 1 is 1.00 bits per heavy atom. The van der Waals surface area contributed by atoms with Crippen molar-refractivity contribution in [2.45, 2.75) is 12.7 Å². The number of alkyl halides is 3. The molecule has 0 bridgehead atoms. The summed E-state index contributed by atoms with van der Waals surface area (Å²) in [5.41, 5.74) is 0.696. The molecule has 0 unspecified atom stereocenters. The second-order valence-electron chi connectivity index (χ2n) is 7.17. The number of carbonyl (C=O) groups is 1. The van der Waals surface area contributed by atoms with Gasteiger partial charge in [-0.1, -0.05) is 12.1 Å². The normalized spacial score (nSPS) is 15.4. The van der Waals surface area contributed by atoms with Gasteiger partial charge < -0.3 is 9.32 Å². The molecule has 0 atom stereocenters. The van der Waals surface area contributed by atoms with Gasteiger partial charge in [0.2, 0.25) is 0 Å². The van der Waals surface area contributed by atoms with Crippen molar-refractivity contribution in [2.75, 3.05) is 26.2 Å². The fourth-order valence-electron chi connectivity index (χ4n) is 3.47. The fourth-order valence-corrected chi connectivity index (χ4v) is 3.47. The molecule has 4 rings (SSSR count). The van der Waals surface area contributed by atoms with E-state index >= 15 is 0 Å². The summed E-state index contributed by atoms with van der Waals surface area (Å²) >= 11 is 0. The molecule has 1 fully saturated rings. The standard InChI is InChI=1S/C22H20F3N3O2/c23-22(24,25)18-3-1-2-17(14-18)19-4-5-20(30-19)21(29)28-12-10-27(11-13-28)15-16-6-8-26-9-7-16/h1-9,14H,10-13,15H2. The Bertz CT molecular complexity index is 1010. The predicted molar refractivity (Wildman–Crippen MR) is 105 cm³/mol. The lowest BCUT2D eigenvalue weighted by molar-refractivity contribution is -0.137. The second-order valence-corrected chi connectivity index (χ2v) is 7.17.